The van der Waals surface area contributed by atoms with E-state index in [1.807, 2.05) is 0 Å². The second kappa shape index (κ2) is 6.79. The molecule has 2 aliphatic heterocycles. The Morgan fingerprint density at radius 2 is 1.93 bits per heavy atom. The molecule has 1 saturated heterocycles. The number of carbonyl (C=O) groups excluding carboxylic acids is 2. The predicted octanol–water partition coefficient (Wildman–Crippen LogP) is 2.79. The zero-order valence-corrected chi connectivity index (χ0v) is 15.6. The van der Waals surface area contributed by atoms with Gasteiger partial charge in [-0.1, -0.05) is 22.8 Å². The van der Waals surface area contributed by atoms with E-state index in [0.717, 1.165) is 11.0 Å². The lowest BCUT2D eigenvalue weighted by Crippen LogP contribution is -2.33. The summed E-state index contributed by atoms with van der Waals surface area (Å²) in [6.07, 6.45) is -1.11. The van der Waals surface area contributed by atoms with Gasteiger partial charge in [0.2, 0.25) is 12.0 Å². The fourth-order valence-corrected chi connectivity index (χ4v) is 3.54. The van der Waals surface area contributed by atoms with Gasteiger partial charge in [0.05, 0.1) is 24.9 Å². The number of anilines is 1. The number of fused-ring (bicyclic) bond motifs is 1. The van der Waals surface area contributed by atoms with Crippen LogP contribution in [0.3, 0.4) is 0 Å². The number of hydrogen-bond acceptors (Lipinski definition) is 6. The van der Waals surface area contributed by atoms with E-state index in [2.05, 4.69) is 5.16 Å². The number of hydrogen-bond donors (Lipinski definition) is 0. The molecule has 9 heteroatoms. The van der Waals surface area contributed by atoms with Crippen LogP contribution in [-0.4, -0.2) is 37.8 Å². The first kappa shape index (κ1) is 18.2. The molecule has 0 unspecified atom stereocenters. The highest BCUT2D eigenvalue weighted by Crippen LogP contribution is 2.40. The number of methoxy groups -OCH3 is 2. The number of amides is 2. The van der Waals surface area contributed by atoms with Gasteiger partial charge in [0.25, 0.3) is 5.91 Å². The SMILES string of the molecule is COc1cccc(C2=NO[C@@H]3C(=O)N(c4ccc(F)c(Cl)c4)C(=O)[C@H]23)c1OC. The van der Waals surface area contributed by atoms with Gasteiger partial charge < -0.3 is 14.3 Å². The van der Waals surface area contributed by atoms with E-state index in [9.17, 15) is 14.0 Å². The molecule has 28 heavy (non-hydrogen) atoms. The van der Waals surface area contributed by atoms with Crippen LogP contribution in [0.4, 0.5) is 10.1 Å². The van der Waals surface area contributed by atoms with E-state index in [0.29, 0.717) is 17.1 Å². The zero-order chi connectivity index (χ0) is 20.0. The fraction of sp³-hybridized carbons (Fsp3) is 0.211. The van der Waals surface area contributed by atoms with Gasteiger partial charge in [0, 0.05) is 5.56 Å². The highest BCUT2D eigenvalue weighted by molar-refractivity contribution is 6.34. The summed E-state index contributed by atoms with van der Waals surface area (Å²) in [7, 11) is 2.95. The van der Waals surface area contributed by atoms with Crippen molar-refractivity contribution in [3.05, 3.63) is 52.8 Å². The van der Waals surface area contributed by atoms with Crippen molar-refractivity contribution in [2.45, 2.75) is 6.10 Å². The highest BCUT2D eigenvalue weighted by atomic mass is 35.5. The molecule has 2 aromatic rings. The molecule has 0 radical (unpaired) electrons. The lowest BCUT2D eigenvalue weighted by Gasteiger charge is -2.17. The zero-order valence-electron chi connectivity index (χ0n) is 14.8. The van der Waals surface area contributed by atoms with Gasteiger partial charge in [-0.15, -0.1) is 0 Å². The third-order valence-corrected chi connectivity index (χ3v) is 4.94. The molecule has 0 N–H and O–H groups in total. The van der Waals surface area contributed by atoms with Crippen LogP contribution < -0.4 is 14.4 Å². The van der Waals surface area contributed by atoms with E-state index >= 15 is 0 Å². The number of nitrogens with zero attached hydrogens (tertiary/aromatic N) is 2. The average Bonchev–Trinajstić information content (AvgIpc) is 3.23. The molecule has 144 valence electrons. The number of carbonyl (C=O) groups is 2. The van der Waals surface area contributed by atoms with E-state index in [4.69, 9.17) is 25.9 Å². The second-order valence-corrected chi connectivity index (χ2v) is 6.54. The van der Waals surface area contributed by atoms with E-state index in [1.165, 1.54) is 26.4 Å². The Morgan fingerprint density at radius 3 is 2.61 bits per heavy atom. The van der Waals surface area contributed by atoms with Gasteiger partial charge >= 0.3 is 0 Å². The first-order valence-corrected chi connectivity index (χ1v) is 8.63. The standard InChI is InChI=1S/C19H14ClFN2O5/c1-26-13-5-3-4-10(16(13)27-2)15-14-17(28-22-15)19(25)23(18(14)24)9-6-7-12(21)11(20)8-9/h3-8,14,17H,1-2H3/t14-,17+/m1/s1. The first-order valence-electron chi connectivity index (χ1n) is 8.26. The van der Waals surface area contributed by atoms with Crippen LogP contribution in [0, 0.1) is 11.7 Å². The molecular weight excluding hydrogens is 391 g/mol. The Hall–Kier alpha value is -3.13. The van der Waals surface area contributed by atoms with Crippen LogP contribution in [0.25, 0.3) is 0 Å². The molecule has 0 aromatic heterocycles. The summed E-state index contributed by atoms with van der Waals surface area (Å²) in [6, 6.07) is 8.72. The quantitative estimate of drug-likeness (QED) is 0.732. The third kappa shape index (κ3) is 2.60. The molecule has 0 spiro atoms. The molecule has 4 rings (SSSR count). The number of imide groups is 1. The van der Waals surface area contributed by atoms with Gasteiger partial charge in [0.15, 0.2) is 11.5 Å². The highest BCUT2D eigenvalue weighted by Gasteiger charge is 2.56. The van der Waals surface area contributed by atoms with Gasteiger partial charge in [-0.25, -0.2) is 9.29 Å². The monoisotopic (exact) mass is 404 g/mol. The number of para-hydroxylation sites is 1. The summed E-state index contributed by atoms with van der Waals surface area (Å²) in [5, 5.41) is 3.77. The van der Waals surface area contributed by atoms with Crippen molar-refractivity contribution in [1.29, 1.82) is 0 Å². The van der Waals surface area contributed by atoms with Crippen molar-refractivity contribution in [3.8, 4) is 11.5 Å². The van der Waals surface area contributed by atoms with Crippen LogP contribution in [-0.2, 0) is 14.4 Å². The number of oxime groups is 1. The number of benzene rings is 2. The molecule has 7 nitrogen and oxygen atoms in total. The molecular formula is C19H14ClFN2O5. The Morgan fingerprint density at radius 1 is 1.14 bits per heavy atom. The van der Waals surface area contributed by atoms with Crippen LogP contribution in [0.1, 0.15) is 5.56 Å². The number of halogens is 2. The van der Waals surface area contributed by atoms with Crippen LogP contribution in [0.15, 0.2) is 41.6 Å². The average molecular weight is 405 g/mol. The van der Waals surface area contributed by atoms with Gasteiger partial charge in [0.1, 0.15) is 17.4 Å². The van der Waals surface area contributed by atoms with Gasteiger partial charge in [-0.2, -0.15) is 0 Å². The molecule has 2 amide bonds. The van der Waals surface area contributed by atoms with E-state index in [1.54, 1.807) is 18.2 Å². The van der Waals surface area contributed by atoms with E-state index in [-0.39, 0.29) is 16.4 Å². The molecule has 1 fully saturated rings. The minimum atomic E-state index is -1.11. The van der Waals surface area contributed by atoms with E-state index < -0.39 is 29.7 Å². The molecule has 2 aromatic carbocycles. The predicted molar refractivity (Wildman–Crippen MR) is 98.3 cm³/mol. The van der Waals surface area contributed by atoms with Gasteiger partial charge in [-0.05, 0) is 30.3 Å². The maximum atomic E-state index is 13.5. The van der Waals surface area contributed by atoms with Crippen molar-refractivity contribution < 1.29 is 28.3 Å². The Balaban J connectivity index is 1.74. The van der Waals surface area contributed by atoms with Crippen molar-refractivity contribution in [2.24, 2.45) is 11.1 Å². The summed E-state index contributed by atoms with van der Waals surface area (Å²) < 4.78 is 24.1. The largest absolute Gasteiger partial charge is 0.493 e. The maximum Gasteiger partial charge on any atom is 0.278 e. The lowest BCUT2D eigenvalue weighted by atomic mass is 9.93. The third-order valence-electron chi connectivity index (χ3n) is 4.65. The van der Waals surface area contributed by atoms with Crippen LogP contribution in [0.5, 0.6) is 11.5 Å². The molecule has 0 bridgehead atoms. The summed E-state index contributed by atoms with van der Waals surface area (Å²) in [5.41, 5.74) is 0.903. The first-order chi connectivity index (χ1) is 13.5. The van der Waals surface area contributed by atoms with Crippen molar-refractivity contribution in [3.63, 3.8) is 0 Å². The minimum absolute atomic E-state index is 0.163. The molecule has 0 saturated carbocycles. The topological polar surface area (TPSA) is 77.4 Å². The summed E-state index contributed by atoms with van der Waals surface area (Å²) >= 11 is 5.80. The molecule has 2 aliphatic rings. The fourth-order valence-electron chi connectivity index (χ4n) is 3.37. The van der Waals surface area contributed by atoms with Gasteiger partial charge in [-0.3, -0.25) is 9.59 Å². The maximum absolute atomic E-state index is 13.5. The number of ether oxygens (including phenoxy) is 2. The minimum Gasteiger partial charge on any atom is -0.493 e. The summed E-state index contributed by atoms with van der Waals surface area (Å²) in [5.74, 6) is -1.93. The lowest BCUT2D eigenvalue weighted by molar-refractivity contribution is -0.126. The van der Waals surface area contributed by atoms with Crippen molar-refractivity contribution in [2.75, 3.05) is 19.1 Å². The second-order valence-electron chi connectivity index (χ2n) is 6.13. The smallest absolute Gasteiger partial charge is 0.278 e. The summed E-state index contributed by atoms with van der Waals surface area (Å²) in [4.78, 5) is 32.0. The Labute approximate surface area is 164 Å². The van der Waals surface area contributed by atoms with Crippen LogP contribution in [0.2, 0.25) is 5.02 Å². The van der Waals surface area contributed by atoms with Crippen molar-refractivity contribution >= 4 is 34.8 Å². The molecule has 2 heterocycles. The summed E-state index contributed by atoms with van der Waals surface area (Å²) in [6.45, 7) is 0. The Bertz CT molecular complexity index is 1030. The van der Waals surface area contributed by atoms with Crippen LogP contribution >= 0.6 is 11.6 Å². The molecule has 2 atom stereocenters. The normalized spacial score (nSPS) is 20.7. The molecule has 0 aliphatic carbocycles. The Kier molecular flexibility index (Phi) is 4.43. The van der Waals surface area contributed by atoms with Crippen molar-refractivity contribution in [1.82, 2.24) is 0 Å². The number of rotatable bonds is 4.